The minimum atomic E-state index is 0.411. The highest BCUT2D eigenvalue weighted by atomic mass is 32.1. The van der Waals surface area contributed by atoms with E-state index in [4.69, 9.17) is 0 Å². The first-order chi connectivity index (χ1) is 8.09. The molecule has 1 aliphatic rings. The fourth-order valence-corrected chi connectivity index (χ4v) is 3.39. The summed E-state index contributed by atoms with van der Waals surface area (Å²) in [5.74, 6) is 0. The first kappa shape index (κ1) is 13.1. The van der Waals surface area contributed by atoms with Gasteiger partial charge in [0.15, 0.2) is 0 Å². The van der Waals surface area contributed by atoms with Crippen molar-refractivity contribution in [2.75, 3.05) is 19.6 Å². The van der Waals surface area contributed by atoms with Gasteiger partial charge in [-0.3, -0.25) is 4.90 Å². The van der Waals surface area contributed by atoms with Gasteiger partial charge < -0.3 is 5.32 Å². The summed E-state index contributed by atoms with van der Waals surface area (Å²) in [7, 11) is 0. The van der Waals surface area contributed by atoms with Crippen LogP contribution in [-0.4, -0.2) is 30.1 Å². The van der Waals surface area contributed by atoms with Gasteiger partial charge in [0.05, 0.1) is 0 Å². The smallest absolute Gasteiger partial charge is 0.0386 e. The molecule has 1 fully saturated rings. The Morgan fingerprint density at radius 2 is 2.35 bits per heavy atom. The van der Waals surface area contributed by atoms with Gasteiger partial charge in [-0.2, -0.15) is 0 Å². The van der Waals surface area contributed by atoms with Gasteiger partial charge in [-0.1, -0.05) is 6.07 Å². The zero-order valence-corrected chi connectivity index (χ0v) is 12.0. The lowest BCUT2D eigenvalue weighted by molar-refractivity contribution is 0.174. The van der Waals surface area contributed by atoms with E-state index in [9.17, 15) is 0 Å². The highest BCUT2D eigenvalue weighted by Crippen LogP contribution is 2.27. The van der Waals surface area contributed by atoms with Crippen LogP contribution in [-0.2, 0) is 0 Å². The lowest BCUT2D eigenvalue weighted by atomic mass is 10.0. The van der Waals surface area contributed by atoms with Crippen molar-refractivity contribution in [1.29, 1.82) is 0 Å². The van der Waals surface area contributed by atoms with E-state index in [1.54, 1.807) is 0 Å². The van der Waals surface area contributed by atoms with Crippen LogP contribution in [0.4, 0.5) is 0 Å². The normalized spacial score (nSPS) is 21.8. The van der Waals surface area contributed by atoms with Crippen LogP contribution >= 0.6 is 11.3 Å². The van der Waals surface area contributed by atoms with Gasteiger partial charge in [0.2, 0.25) is 0 Å². The van der Waals surface area contributed by atoms with Crippen molar-refractivity contribution in [3.63, 3.8) is 0 Å². The summed E-state index contributed by atoms with van der Waals surface area (Å²) in [6.45, 7) is 10.5. The van der Waals surface area contributed by atoms with Crippen LogP contribution in [0.5, 0.6) is 0 Å². The second-order valence-corrected chi connectivity index (χ2v) is 6.57. The number of nitrogens with zero attached hydrogens (tertiary/aromatic N) is 1. The zero-order valence-electron chi connectivity index (χ0n) is 11.2. The number of thiophene rings is 1. The molecule has 0 aromatic carbocycles. The van der Waals surface area contributed by atoms with Crippen LogP contribution in [0.1, 0.15) is 44.5 Å². The van der Waals surface area contributed by atoms with E-state index in [1.807, 2.05) is 11.3 Å². The predicted octanol–water partition coefficient (Wildman–Crippen LogP) is 3.27. The number of nitrogens with one attached hydrogen (secondary N) is 1. The van der Waals surface area contributed by atoms with Crippen molar-refractivity contribution in [2.45, 2.75) is 45.2 Å². The Balaban J connectivity index is 1.73. The van der Waals surface area contributed by atoms with Crippen molar-refractivity contribution in [2.24, 2.45) is 0 Å². The van der Waals surface area contributed by atoms with Crippen LogP contribution in [0.2, 0.25) is 0 Å². The third kappa shape index (κ3) is 3.30. The Morgan fingerprint density at radius 1 is 1.53 bits per heavy atom. The summed E-state index contributed by atoms with van der Waals surface area (Å²) in [4.78, 5) is 4.05. The molecule has 1 aromatic heterocycles. The van der Waals surface area contributed by atoms with Crippen molar-refractivity contribution < 1.29 is 0 Å². The van der Waals surface area contributed by atoms with Gasteiger partial charge in [-0.25, -0.2) is 0 Å². The molecule has 2 rings (SSSR count). The number of hydrogen-bond donors (Lipinski definition) is 1. The number of hydrogen-bond acceptors (Lipinski definition) is 3. The quantitative estimate of drug-likeness (QED) is 0.865. The van der Waals surface area contributed by atoms with Crippen LogP contribution in [0.3, 0.4) is 0 Å². The van der Waals surface area contributed by atoms with E-state index < -0.39 is 0 Å². The van der Waals surface area contributed by atoms with E-state index in [-0.39, 0.29) is 0 Å². The third-order valence-electron chi connectivity index (χ3n) is 3.87. The molecule has 2 nitrogen and oxygen atoms in total. The van der Waals surface area contributed by atoms with Crippen molar-refractivity contribution >= 4 is 11.3 Å². The first-order valence-electron chi connectivity index (χ1n) is 6.61. The maximum absolute atomic E-state index is 3.62. The molecule has 1 atom stereocenters. The average molecular weight is 252 g/mol. The summed E-state index contributed by atoms with van der Waals surface area (Å²) in [6, 6.07) is 4.82. The maximum Gasteiger partial charge on any atom is 0.0386 e. The lowest BCUT2D eigenvalue weighted by Crippen LogP contribution is -2.42. The Bertz CT molecular complexity index is 332. The standard InChI is InChI=1S/C14H24N2S/c1-12(13-6-4-11-17-13)15-8-10-16-9-5-7-14(16,2)3/h4,6,11-12,15H,5,7-10H2,1-3H3. The van der Waals surface area contributed by atoms with Gasteiger partial charge >= 0.3 is 0 Å². The Morgan fingerprint density at radius 3 is 2.94 bits per heavy atom. The Hall–Kier alpha value is -0.380. The molecule has 0 bridgehead atoms. The molecule has 3 heteroatoms. The molecule has 0 aliphatic carbocycles. The summed E-state index contributed by atoms with van der Waals surface area (Å²) in [5, 5.41) is 5.77. The fourth-order valence-electron chi connectivity index (χ4n) is 2.63. The predicted molar refractivity (Wildman–Crippen MR) is 75.6 cm³/mol. The minimum absolute atomic E-state index is 0.411. The largest absolute Gasteiger partial charge is 0.308 e. The highest BCUT2D eigenvalue weighted by molar-refractivity contribution is 7.10. The van der Waals surface area contributed by atoms with Gasteiger partial charge in [-0.05, 0) is 51.6 Å². The zero-order chi connectivity index (χ0) is 12.3. The molecule has 1 aliphatic heterocycles. The Kier molecular flexibility index (Phi) is 4.23. The van der Waals surface area contributed by atoms with E-state index in [0.29, 0.717) is 11.6 Å². The lowest BCUT2D eigenvalue weighted by Gasteiger charge is -2.31. The monoisotopic (exact) mass is 252 g/mol. The van der Waals surface area contributed by atoms with E-state index in [1.165, 1.54) is 30.8 Å². The molecule has 0 amide bonds. The highest BCUT2D eigenvalue weighted by Gasteiger charge is 2.30. The maximum atomic E-state index is 3.62. The van der Waals surface area contributed by atoms with Crippen LogP contribution in [0.25, 0.3) is 0 Å². The molecule has 1 saturated heterocycles. The summed E-state index contributed by atoms with van der Waals surface area (Å²) in [6.07, 6.45) is 2.70. The molecule has 2 heterocycles. The molecular weight excluding hydrogens is 228 g/mol. The molecule has 0 radical (unpaired) electrons. The topological polar surface area (TPSA) is 15.3 Å². The number of likely N-dealkylation sites (tertiary alicyclic amines) is 1. The van der Waals surface area contributed by atoms with Gasteiger partial charge in [-0.15, -0.1) is 11.3 Å². The molecule has 1 N–H and O–H groups in total. The number of rotatable bonds is 5. The van der Waals surface area contributed by atoms with Crippen molar-refractivity contribution in [1.82, 2.24) is 10.2 Å². The van der Waals surface area contributed by atoms with E-state index in [2.05, 4.69) is 48.5 Å². The molecule has 1 unspecified atom stereocenters. The summed E-state index contributed by atoms with van der Waals surface area (Å²) >= 11 is 1.84. The van der Waals surface area contributed by atoms with Gasteiger partial charge in [0.25, 0.3) is 0 Å². The fraction of sp³-hybridized carbons (Fsp3) is 0.714. The molecule has 0 spiro atoms. The van der Waals surface area contributed by atoms with E-state index >= 15 is 0 Å². The summed E-state index contributed by atoms with van der Waals surface area (Å²) in [5.41, 5.74) is 0.411. The second kappa shape index (κ2) is 5.51. The van der Waals surface area contributed by atoms with Crippen LogP contribution in [0, 0.1) is 0 Å². The Labute approximate surface area is 109 Å². The van der Waals surface area contributed by atoms with Crippen molar-refractivity contribution in [3.05, 3.63) is 22.4 Å². The SMILES string of the molecule is CC(NCCN1CCCC1(C)C)c1cccs1. The molecule has 96 valence electrons. The minimum Gasteiger partial charge on any atom is -0.308 e. The average Bonchev–Trinajstić information content (AvgIpc) is 2.88. The summed E-state index contributed by atoms with van der Waals surface area (Å²) < 4.78 is 0. The van der Waals surface area contributed by atoms with Gasteiger partial charge in [0, 0.05) is 29.5 Å². The molecule has 0 saturated carbocycles. The van der Waals surface area contributed by atoms with Gasteiger partial charge in [0.1, 0.15) is 0 Å². The van der Waals surface area contributed by atoms with Crippen molar-refractivity contribution in [3.8, 4) is 0 Å². The third-order valence-corrected chi connectivity index (χ3v) is 4.93. The van der Waals surface area contributed by atoms with Crippen LogP contribution < -0.4 is 5.32 Å². The molecule has 17 heavy (non-hydrogen) atoms. The molecule has 1 aromatic rings. The van der Waals surface area contributed by atoms with Crippen LogP contribution in [0.15, 0.2) is 17.5 Å². The van der Waals surface area contributed by atoms with E-state index in [0.717, 1.165) is 6.54 Å². The first-order valence-corrected chi connectivity index (χ1v) is 7.49. The second-order valence-electron chi connectivity index (χ2n) is 5.59. The molecular formula is C14H24N2S.